The quantitative estimate of drug-likeness (QED) is 0.896. The Morgan fingerprint density at radius 1 is 1.32 bits per heavy atom. The molecule has 1 aromatic heterocycles. The largest absolute Gasteiger partial charge is 0.326 e. The lowest BCUT2D eigenvalue weighted by Gasteiger charge is -2.06. The van der Waals surface area contributed by atoms with Crippen molar-refractivity contribution in [2.24, 2.45) is 0 Å². The average Bonchev–Trinajstić information content (AvgIpc) is 2.91. The van der Waals surface area contributed by atoms with Gasteiger partial charge in [0, 0.05) is 17.7 Å². The topological polar surface area (TPSA) is 84.0 Å². The van der Waals surface area contributed by atoms with Crippen LogP contribution >= 0.6 is 11.3 Å². The van der Waals surface area contributed by atoms with Crippen LogP contribution in [0, 0.1) is 0 Å². The predicted octanol–water partition coefficient (Wildman–Crippen LogP) is 2.14. The number of nitrogens with one attached hydrogen (secondary N) is 2. The minimum Gasteiger partial charge on any atom is -0.326 e. The number of amides is 2. The monoisotopic (exact) mass is 276 g/mol. The van der Waals surface area contributed by atoms with Crippen molar-refractivity contribution >= 4 is 34.0 Å². The summed E-state index contributed by atoms with van der Waals surface area (Å²) in [4.78, 5) is 23.2. The van der Waals surface area contributed by atoms with E-state index in [1.807, 2.05) is 0 Å². The second kappa shape index (κ2) is 6.05. The smallest absolute Gasteiger partial charge is 0.257 e. The van der Waals surface area contributed by atoms with Crippen molar-refractivity contribution < 1.29 is 9.59 Å². The molecule has 19 heavy (non-hydrogen) atoms. The van der Waals surface area contributed by atoms with Crippen molar-refractivity contribution in [1.29, 1.82) is 0 Å². The molecule has 0 radical (unpaired) electrons. The van der Waals surface area contributed by atoms with Crippen LogP contribution in [0.3, 0.4) is 0 Å². The van der Waals surface area contributed by atoms with Crippen molar-refractivity contribution in [2.75, 3.05) is 10.6 Å². The fraction of sp³-hybridized carbons (Fsp3) is 0.167. The van der Waals surface area contributed by atoms with Crippen LogP contribution < -0.4 is 10.6 Å². The number of rotatable bonds is 4. The predicted molar refractivity (Wildman–Crippen MR) is 73.2 cm³/mol. The van der Waals surface area contributed by atoms with E-state index in [0.29, 0.717) is 22.8 Å². The molecule has 0 aliphatic heterocycles. The fourth-order valence-electron chi connectivity index (χ4n) is 1.38. The molecule has 1 heterocycles. The highest BCUT2D eigenvalue weighted by atomic mass is 32.1. The molecule has 0 bridgehead atoms. The summed E-state index contributed by atoms with van der Waals surface area (Å²) >= 11 is 1.24. The Bertz CT molecular complexity index is 583. The van der Waals surface area contributed by atoms with E-state index in [1.165, 1.54) is 16.8 Å². The first-order valence-corrected chi connectivity index (χ1v) is 6.54. The van der Waals surface area contributed by atoms with Gasteiger partial charge in [-0.25, -0.2) is 0 Å². The van der Waals surface area contributed by atoms with E-state index < -0.39 is 0 Å². The van der Waals surface area contributed by atoms with Crippen LogP contribution in [0.1, 0.15) is 23.7 Å². The molecule has 0 saturated heterocycles. The number of hydrogen-bond acceptors (Lipinski definition) is 5. The zero-order valence-corrected chi connectivity index (χ0v) is 11.0. The number of benzene rings is 1. The number of anilines is 2. The molecule has 98 valence electrons. The second-order valence-electron chi connectivity index (χ2n) is 3.68. The number of hydrogen-bond donors (Lipinski definition) is 2. The highest BCUT2D eigenvalue weighted by Crippen LogP contribution is 2.14. The zero-order chi connectivity index (χ0) is 13.7. The summed E-state index contributed by atoms with van der Waals surface area (Å²) < 4.78 is 0. The van der Waals surface area contributed by atoms with Crippen molar-refractivity contribution in [3.63, 3.8) is 0 Å². The van der Waals surface area contributed by atoms with Gasteiger partial charge in [0.1, 0.15) is 5.51 Å². The molecular weight excluding hydrogens is 264 g/mol. The zero-order valence-electron chi connectivity index (χ0n) is 10.2. The first-order valence-electron chi connectivity index (χ1n) is 5.66. The Morgan fingerprint density at radius 3 is 2.84 bits per heavy atom. The molecular formula is C12H12N4O2S. The Morgan fingerprint density at radius 2 is 2.16 bits per heavy atom. The third kappa shape index (κ3) is 3.59. The Balaban J connectivity index is 2.09. The lowest BCUT2D eigenvalue weighted by molar-refractivity contribution is -0.115. The molecule has 0 aliphatic rings. The highest BCUT2D eigenvalue weighted by molar-refractivity contribution is 7.13. The van der Waals surface area contributed by atoms with Crippen molar-refractivity contribution in [1.82, 2.24) is 10.2 Å². The molecule has 0 fully saturated rings. The van der Waals surface area contributed by atoms with E-state index in [0.717, 1.165) is 0 Å². The van der Waals surface area contributed by atoms with Crippen LogP contribution in [0.15, 0.2) is 29.8 Å². The normalized spacial score (nSPS) is 9.95. The van der Waals surface area contributed by atoms with Crippen LogP contribution in [-0.2, 0) is 4.79 Å². The molecule has 2 amide bonds. The maximum Gasteiger partial charge on any atom is 0.257 e. The molecule has 1 aromatic carbocycles. The summed E-state index contributed by atoms with van der Waals surface area (Å²) in [6.07, 6.45) is 0.390. The van der Waals surface area contributed by atoms with E-state index >= 15 is 0 Å². The first-order chi connectivity index (χ1) is 9.19. The van der Waals surface area contributed by atoms with E-state index in [-0.39, 0.29) is 11.8 Å². The maximum absolute atomic E-state index is 11.9. The molecule has 2 aromatic rings. The Labute approximate surface area is 113 Å². The molecule has 0 unspecified atom stereocenters. The molecule has 6 nitrogen and oxygen atoms in total. The van der Waals surface area contributed by atoms with Gasteiger partial charge in [-0.05, 0) is 18.2 Å². The first kappa shape index (κ1) is 13.2. The van der Waals surface area contributed by atoms with E-state index in [4.69, 9.17) is 0 Å². The lowest BCUT2D eigenvalue weighted by Crippen LogP contribution is -2.13. The molecule has 2 N–H and O–H groups in total. The van der Waals surface area contributed by atoms with E-state index in [1.54, 1.807) is 31.2 Å². The van der Waals surface area contributed by atoms with Crippen molar-refractivity contribution in [3.05, 3.63) is 35.3 Å². The van der Waals surface area contributed by atoms with Gasteiger partial charge >= 0.3 is 0 Å². The summed E-state index contributed by atoms with van der Waals surface area (Å²) in [6.45, 7) is 1.77. The third-order valence-electron chi connectivity index (χ3n) is 2.31. The van der Waals surface area contributed by atoms with Gasteiger partial charge in [0.15, 0.2) is 0 Å². The van der Waals surface area contributed by atoms with Crippen LogP contribution in [0.2, 0.25) is 0 Å². The van der Waals surface area contributed by atoms with Gasteiger partial charge < -0.3 is 5.32 Å². The molecule has 0 saturated carbocycles. The Kier molecular flexibility index (Phi) is 4.19. The van der Waals surface area contributed by atoms with Crippen LogP contribution in [-0.4, -0.2) is 22.0 Å². The van der Waals surface area contributed by atoms with Gasteiger partial charge in [0.05, 0.1) is 0 Å². The summed E-state index contributed by atoms with van der Waals surface area (Å²) in [5.74, 6) is -0.383. The van der Waals surface area contributed by atoms with Crippen molar-refractivity contribution in [3.8, 4) is 0 Å². The summed E-state index contributed by atoms with van der Waals surface area (Å²) in [5.41, 5.74) is 2.58. The minimum atomic E-state index is -0.288. The highest BCUT2D eigenvalue weighted by Gasteiger charge is 2.09. The van der Waals surface area contributed by atoms with Gasteiger partial charge in [-0.15, -0.1) is 10.2 Å². The molecule has 2 rings (SSSR count). The molecule has 0 spiro atoms. The van der Waals surface area contributed by atoms with Crippen LogP contribution in [0.25, 0.3) is 0 Å². The average molecular weight is 276 g/mol. The van der Waals surface area contributed by atoms with E-state index in [2.05, 4.69) is 20.8 Å². The SMILES string of the molecule is CCC(=O)Nc1cccc(C(=O)Nc2nncs2)c1. The lowest BCUT2D eigenvalue weighted by atomic mass is 10.2. The number of aromatic nitrogens is 2. The minimum absolute atomic E-state index is 0.0957. The van der Waals surface area contributed by atoms with Gasteiger partial charge in [-0.2, -0.15) is 0 Å². The van der Waals surface area contributed by atoms with Crippen LogP contribution in [0.5, 0.6) is 0 Å². The maximum atomic E-state index is 11.9. The summed E-state index contributed by atoms with van der Waals surface area (Å²) in [5, 5.41) is 13.1. The molecule has 0 atom stereocenters. The summed E-state index contributed by atoms with van der Waals surface area (Å²) in [7, 11) is 0. The van der Waals surface area contributed by atoms with Gasteiger partial charge in [-0.1, -0.05) is 24.3 Å². The standard InChI is InChI=1S/C12H12N4O2S/c1-2-10(17)14-9-5-3-4-8(6-9)11(18)15-12-16-13-7-19-12/h3-7H,2H2,1H3,(H,14,17)(H,15,16,18). The van der Waals surface area contributed by atoms with Gasteiger partial charge in [0.2, 0.25) is 11.0 Å². The van der Waals surface area contributed by atoms with Crippen LogP contribution in [0.4, 0.5) is 10.8 Å². The summed E-state index contributed by atoms with van der Waals surface area (Å²) in [6, 6.07) is 6.72. The van der Waals surface area contributed by atoms with Gasteiger partial charge in [0.25, 0.3) is 5.91 Å². The number of carbonyl (C=O) groups excluding carboxylic acids is 2. The van der Waals surface area contributed by atoms with Gasteiger partial charge in [-0.3, -0.25) is 14.9 Å². The second-order valence-corrected chi connectivity index (χ2v) is 4.51. The fourth-order valence-corrected chi connectivity index (χ4v) is 1.82. The third-order valence-corrected chi connectivity index (χ3v) is 2.92. The molecule has 7 heteroatoms. The van der Waals surface area contributed by atoms with Crippen molar-refractivity contribution in [2.45, 2.75) is 13.3 Å². The molecule has 0 aliphatic carbocycles. The van der Waals surface area contributed by atoms with E-state index in [9.17, 15) is 9.59 Å². The Hall–Kier alpha value is -2.28. The number of nitrogens with zero attached hydrogens (tertiary/aromatic N) is 2. The number of carbonyl (C=O) groups is 2.